The molecule has 2 atom stereocenters. The molecule has 60 valence electrons. The third-order valence-electron chi connectivity index (χ3n) is 2.52. The van der Waals surface area contributed by atoms with Gasteiger partial charge >= 0.3 is 0 Å². The molecule has 0 aromatic rings. The topological polar surface area (TPSA) is 24.1 Å². The van der Waals surface area contributed by atoms with Crippen LogP contribution in [-0.2, 0) is 0 Å². The van der Waals surface area contributed by atoms with Crippen molar-refractivity contribution in [3.8, 4) is 0 Å². The third kappa shape index (κ3) is 1.70. The van der Waals surface area contributed by atoms with Crippen LogP contribution in [0.1, 0.15) is 19.8 Å². The minimum Gasteiger partial charge on any atom is -0.315 e. The van der Waals surface area contributed by atoms with Crippen molar-refractivity contribution < 1.29 is 0 Å². The van der Waals surface area contributed by atoms with Crippen LogP contribution in [0.15, 0.2) is 0 Å². The Balaban J connectivity index is 2.34. The first-order chi connectivity index (χ1) is 4.88. The number of nitrogens with one attached hydrogen (secondary N) is 2. The SMILES string of the molecule is CCC1CCNCC1NC. The van der Waals surface area contributed by atoms with Crippen LogP contribution in [0.25, 0.3) is 0 Å². The predicted octanol–water partition coefficient (Wildman–Crippen LogP) is 0.594. The Morgan fingerprint density at radius 2 is 2.40 bits per heavy atom. The lowest BCUT2D eigenvalue weighted by Gasteiger charge is -2.31. The van der Waals surface area contributed by atoms with Gasteiger partial charge in [0.2, 0.25) is 0 Å². The molecule has 1 saturated heterocycles. The molecule has 1 fully saturated rings. The summed E-state index contributed by atoms with van der Waals surface area (Å²) in [7, 11) is 2.06. The van der Waals surface area contributed by atoms with Gasteiger partial charge in [0, 0.05) is 12.6 Å². The lowest BCUT2D eigenvalue weighted by molar-refractivity contribution is 0.283. The molecular weight excluding hydrogens is 124 g/mol. The van der Waals surface area contributed by atoms with Crippen molar-refractivity contribution in [3.05, 3.63) is 0 Å². The van der Waals surface area contributed by atoms with E-state index in [9.17, 15) is 0 Å². The van der Waals surface area contributed by atoms with Crippen molar-refractivity contribution in [2.45, 2.75) is 25.8 Å². The summed E-state index contributed by atoms with van der Waals surface area (Å²) in [4.78, 5) is 0. The van der Waals surface area contributed by atoms with E-state index in [0.29, 0.717) is 6.04 Å². The highest BCUT2D eigenvalue weighted by atomic mass is 15.0. The molecule has 2 nitrogen and oxygen atoms in total. The van der Waals surface area contributed by atoms with Crippen molar-refractivity contribution in [2.75, 3.05) is 20.1 Å². The zero-order valence-electron chi connectivity index (χ0n) is 6.98. The first-order valence-corrected chi connectivity index (χ1v) is 4.26. The zero-order valence-corrected chi connectivity index (χ0v) is 6.98. The molecule has 1 rings (SSSR count). The maximum Gasteiger partial charge on any atom is 0.0218 e. The summed E-state index contributed by atoms with van der Waals surface area (Å²) in [5.74, 6) is 0.895. The summed E-state index contributed by atoms with van der Waals surface area (Å²) in [6, 6.07) is 0.707. The van der Waals surface area contributed by atoms with Gasteiger partial charge in [0.15, 0.2) is 0 Å². The maximum absolute atomic E-state index is 3.39. The molecule has 0 saturated carbocycles. The Hall–Kier alpha value is -0.0800. The largest absolute Gasteiger partial charge is 0.315 e. The molecule has 2 unspecified atom stereocenters. The normalized spacial score (nSPS) is 34.2. The van der Waals surface area contributed by atoms with E-state index in [1.165, 1.54) is 19.4 Å². The van der Waals surface area contributed by atoms with Crippen molar-refractivity contribution in [1.29, 1.82) is 0 Å². The van der Waals surface area contributed by atoms with E-state index in [1.54, 1.807) is 0 Å². The van der Waals surface area contributed by atoms with E-state index in [1.807, 2.05) is 0 Å². The maximum atomic E-state index is 3.39. The van der Waals surface area contributed by atoms with Crippen LogP contribution < -0.4 is 10.6 Å². The second kappa shape index (κ2) is 3.94. The van der Waals surface area contributed by atoms with Gasteiger partial charge in [-0.25, -0.2) is 0 Å². The van der Waals surface area contributed by atoms with E-state index in [4.69, 9.17) is 0 Å². The van der Waals surface area contributed by atoms with Crippen LogP contribution >= 0.6 is 0 Å². The molecule has 10 heavy (non-hydrogen) atoms. The molecule has 0 spiro atoms. The molecular formula is C8H18N2. The second-order valence-electron chi connectivity index (χ2n) is 3.06. The van der Waals surface area contributed by atoms with Gasteiger partial charge in [-0.3, -0.25) is 0 Å². The number of likely N-dealkylation sites (N-methyl/N-ethyl adjacent to an activating group) is 1. The summed E-state index contributed by atoms with van der Waals surface area (Å²) in [5.41, 5.74) is 0. The first kappa shape index (κ1) is 8.02. The van der Waals surface area contributed by atoms with E-state index in [-0.39, 0.29) is 0 Å². The van der Waals surface area contributed by atoms with E-state index in [2.05, 4.69) is 24.6 Å². The molecule has 0 amide bonds. The van der Waals surface area contributed by atoms with Gasteiger partial charge < -0.3 is 10.6 Å². The predicted molar refractivity (Wildman–Crippen MR) is 44.1 cm³/mol. The number of hydrogen-bond donors (Lipinski definition) is 2. The number of rotatable bonds is 2. The van der Waals surface area contributed by atoms with Crippen LogP contribution in [0, 0.1) is 5.92 Å². The molecule has 1 aliphatic heterocycles. The van der Waals surface area contributed by atoms with Gasteiger partial charge in [0.05, 0.1) is 0 Å². The standard InChI is InChI=1S/C8H18N2/c1-3-7-4-5-10-6-8(7)9-2/h7-10H,3-6H2,1-2H3. The molecule has 0 aromatic carbocycles. The van der Waals surface area contributed by atoms with Crippen molar-refractivity contribution in [3.63, 3.8) is 0 Å². The monoisotopic (exact) mass is 142 g/mol. The Labute approximate surface area is 63.4 Å². The molecule has 0 aromatic heterocycles. The van der Waals surface area contributed by atoms with Gasteiger partial charge in [0.25, 0.3) is 0 Å². The molecule has 0 bridgehead atoms. The first-order valence-electron chi connectivity index (χ1n) is 4.26. The number of hydrogen-bond acceptors (Lipinski definition) is 2. The Kier molecular flexibility index (Phi) is 3.16. The van der Waals surface area contributed by atoms with E-state index in [0.717, 1.165) is 12.5 Å². The van der Waals surface area contributed by atoms with Crippen molar-refractivity contribution >= 4 is 0 Å². The fraction of sp³-hybridized carbons (Fsp3) is 1.00. The Morgan fingerprint density at radius 3 is 2.90 bits per heavy atom. The number of piperidine rings is 1. The van der Waals surface area contributed by atoms with Gasteiger partial charge in [-0.15, -0.1) is 0 Å². The van der Waals surface area contributed by atoms with Gasteiger partial charge in [-0.1, -0.05) is 13.3 Å². The minimum atomic E-state index is 0.707. The van der Waals surface area contributed by atoms with E-state index < -0.39 is 0 Å². The summed E-state index contributed by atoms with van der Waals surface area (Å²) < 4.78 is 0. The molecule has 0 radical (unpaired) electrons. The van der Waals surface area contributed by atoms with Crippen LogP contribution in [0.5, 0.6) is 0 Å². The quantitative estimate of drug-likeness (QED) is 0.590. The second-order valence-corrected chi connectivity index (χ2v) is 3.06. The van der Waals surface area contributed by atoms with Crippen molar-refractivity contribution in [2.24, 2.45) is 5.92 Å². The molecule has 2 N–H and O–H groups in total. The lowest BCUT2D eigenvalue weighted by Crippen LogP contribution is -2.47. The van der Waals surface area contributed by atoms with Crippen LogP contribution in [0.3, 0.4) is 0 Å². The van der Waals surface area contributed by atoms with Gasteiger partial charge in [-0.2, -0.15) is 0 Å². The summed E-state index contributed by atoms with van der Waals surface area (Å²) >= 11 is 0. The average molecular weight is 142 g/mol. The van der Waals surface area contributed by atoms with E-state index >= 15 is 0 Å². The van der Waals surface area contributed by atoms with Gasteiger partial charge in [0.1, 0.15) is 0 Å². The summed E-state index contributed by atoms with van der Waals surface area (Å²) in [6.45, 7) is 4.63. The summed E-state index contributed by atoms with van der Waals surface area (Å²) in [6.07, 6.45) is 2.65. The van der Waals surface area contributed by atoms with Gasteiger partial charge in [-0.05, 0) is 25.9 Å². The zero-order chi connectivity index (χ0) is 7.40. The van der Waals surface area contributed by atoms with Crippen LogP contribution in [0.2, 0.25) is 0 Å². The fourth-order valence-electron chi connectivity index (χ4n) is 1.74. The smallest absolute Gasteiger partial charge is 0.0218 e. The highest BCUT2D eigenvalue weighted by Gasteiger charge is 2.20. The van der Waals surface area contributed by atoms with Crippen LogP contribution in [-0.4, -0.2) is 26.2 Å². The molecule has 0 aliphatic carbocycles. The average Bonchev–Trinajstić information content (AvgIpc) is 2.04. The Morgan fingerprint density at radius 1 is 1.60 bits per heavy atom. The lowest BCUT2D eigenvalue weighted by atomic mass is 9.91. The van der Waals surface area contributed by atoms with Crippen LogP contribution in [0.4, 0.5) is 0 Å². The Bertz CT molecular complexity index is 81.3. The van der Waals surface area contributed by atoms with Crippen molar-refractivity contribution in [1.82, 2.24) is 10.6 Å². The highest BCUT2D eigenvalue weighted by molar-refractivity contribution is 4.81. The molecule has 1 heterocycles. The minimum absolute atomic E-state index is 0.707. The highest BCUT2D eigenvalue weighted by Crippen LogP contribution is 2.15. The fourth-order valence-corrected chi connectivity index (χ4v) is 1.74. The summed E-state index contributed by atoms with van der Waals surface area (Å²) in [5, 5.41) is 6.73. The molecule has 2 heteroatoms. The third-order valence-corrected chi connectivity index (χ3v) is 2.52. The molecule has 1 aliphatic rings.